The zero-order valence-corrected chi connectivity index (χ0v) is 22.5. The molecule has 3 rings (SSSR count). The molecule has 0 aliphatic heterocycles. The predicted octanol–water partition coefficient (Wildman–Crippen LogP) is 4.68. The highest BCUT2D eigenvalue weighted by Crippen LogP contribution is 2.40. The second kappa shape index (κ2) is 12.8. The van der Waals surface area contributed by atoms with Crippen molar-refractivity contribution < 1.29 is 42.4 Å². The minimum atomic E-state index is -4.55. The highest BCUT2D eigenvalue weighted by Gasteiger charge is 2.31. The first-order chi connectivity index (χ1) is 18.3. The molecule has 0 aliphatic carbocycles. The van der Waals surface area contributed by atoms with E-state index in [0.29, 0.717) is 43.1 Å². The van der Waals surface area contributed by atoms with Crippen LogP contribution in [0, 0.1) is 0 Å². The number of phenolic OH excluding ortho intramolecular Hbond substituents is 1. The highest BCUT2D eigenvalue weighted by atomic mass is 19.4. The number of alkyl halides is 3. The summed E-state index contributed by atoms with van der Waals surface area (Å²) in [7, 11) is 1.58. The van der Waals surface area contributed by atoms with Crippen LogP contribution < -0.4 is 0 Å². The molecular formula is C27H34F3N3O6. The quantitative estimate of drug-likeness (QED) is 0.293. The van der Waals surface area contributed by atoms with Crippen molar-refractivity contribution in [3.05, 3.63) is 46.5 Å². The Bertz CT molecular complexity index is 1280. The van der Waals surface area contributed by atoms with E-state index in [1.54, 1.807) is 13.2 Å². The molecule has 214 valence electrons. The number of carboxylic acid groups (broad SMARTS) is 1. The van der Waals surface area contributed by atoms with Crippen LogP contribution in [0.15, 0.2) is 24.3 Å². The van der Waals surface area contributed by atoms with Gasteiger partial charge >= 0.3 is 12.1 Å². The molecule has 0 saturated carbocycles. The number of fused-ring (bicyclic) bond motifs is 1. The molecule has 0 atom stereocenters. The van der Waals surface area contributed by atoms with E-state index >= 15 is 0 Å². The third-order valence-electron chi connectivity index (χ3n) is 6.10. The summed E-state index contributed by atoms with van der Waals surface area (Å²) < 4.78 is 55.8. The zero-order chi connectivity index (χ0) is 28.8. The Balaban J connectivity index is 2.06. The minimum Gasteiger partial charge on any atom is -0.505 e. The van der Waals surface area contributed by atoms with Crippen LogP contribution >= 0.6 is 0 Å². The summed E-state index contributed by atoms with van der Waals surface area (Å²) >= 11 is 0. The van der Waals surface area contributed by atoms with Crippen LogP contribution in [-0.4, -0.2) is 71.3 Å². The molecule has 1 heterocycles. The average molecular weight is 554 g/mol. The molecule has 0 saturated heterocycles. The number of aromatic nitrogens is 3. The van der Waals surface area contributed by atoms with Gasteiger partial charge in [-0.05, 0) is 47.6 Å². The average Bonchev–Trinajstić information content (AvgIpc) is 3.26. The molecule has 12 heteroatoms. The number of aliphatic carboxylic acids is 1. The van der Waals surface area contributed by atoms with E-state index < -0.39 is 23.1 Å². The van der Waals surface area contributed by atoms with Crippen molar-refractivity contribution in [3.63, 3.8) is 0 Å². The van der Waals surface area contributed by atoms with Gasteiger partial charge < -0.3 is 24.4 Å². The summed E-state index contributed by atoms with van der Waals surface area (Å²) in [6.07, 6.45) is -4.27. The number of aryl methyl sites for hydroxylation is 1. The number of phenols is 1. The lowest BCUT2D eigenvalue weighted by Crippen LogP contribution is -2.18. The molecule has 39 heavy (non-hydrogen) atoms. The summed E-state index contributed by atoms with van der Waals surface area (Å²) in [6.45, 7) is 7.44. The van der Waals surface area contributed by atoms with Crippen molar-refractivity contribution in [1.82, 2.24) is 15.0 Å². The van der Waals surface area contributed by atoms with E-state index in [9.17, 15) is 28.2 Å². The summed E-state index contributed by atoms with van der Waals surface area (Å²) in [5, 5.41) is 29.4. The molecule has 3 aromatic rings. The van der Waals surface area contributed by atoms with Gasteiger partial charge in [0, 0.05) is 19.1 Å². The number of ether oxygens (including phenoxy) is 3. The van der Waals surface area contributed by atoms with Crippen LogP contribution in [0.25, 0.3) is 16.7 Å². The van der Waals surface area contributed by atoms with Gasteiger partial charge in [-0.2, -0.15) is 13.2 Å². The van der Waals surface area contributed by atoms with Gasteiger partial charge in [0.1, 0.15) is 22.5 Å². The lowest BCUT2D eigenvalue weighted by Gasteiger charge is -2.25. The van der Waals surface area contributed by atoms with Gasteiger partial charge in [-0.25, -0.2) is 0 Å². The van der Waals surface area contributed by atoms with Crippen LogP contribution in [0.5, 0.6) is 5.75 Å². The number of aromatic hydroxyl groups is 1. The van der Waals surface area contributed by atoms with Gasteiger partial charge in [-0.15, -0.1) is 15.0 Å². The normalized spacial score (nSPS) is 12.4. The van der Waals surface area contributed by atoms with Crippen molar-refractivity contribution >= 4 is 17.0 Å². The Morgan fingerprint density at radius 1 is 0.949 bits per heavy atom. The summed E-state index contributed by atoms with van der Waals surface area (Å²) in [5.74, 6) is -1.12. The fraction of sp³-hybridized carbons (Fsp3) is 0.519. The molecule has 0 amide bonds. The van der Waals surface area contributed by atoms with Crippen molar-refractivity contribution in [2.75, 3.05) is 40.1 Å². The summed E-state index contributed by atoms with van der Waals surface area (Å²) in [4.78, 5) is 12.5. The van der Waals surface area contributed by atoms with E-state index in [-0.39, 0.29) is 48.3 Å². The van der Waals surface area contributed by atoms with Gasteiger partial charge in [0.25, 0.3) is 0 Å². The Morgan fingerprint density at radius 2 is 1.59 bits per heavy atom. The second-order valence-electron chi connectivity index (χ2n) is 10.1. The van der Waals surface area contributed by atoms with Gasteiger partial charge in [0.15, 0.2) is 0 Å². The standard InChI is InChI=1S/C27H34F3N3O6/c1-26(2,3)20-15-17(5-8-23(34)35)19(9-10-38-13-14-39-12-11-37-4)24(25(20)36)33-31-21-7-6-18(27(28,29)30)16-22(21)32-33/h6-7,15-16,36H,5,8-14H2,1-4H3,(H,34,35). The first-order valence-electron chi connectivity index (χ1n) is 12.5. The topological polar surface area (TPSA) is 116 Å². The van der Waals surface area contributed by atoms with Crippen LogP contribution in [-0.2, 0) is 43.4 Å². The molecule has 9 nitrogen and oxygen atoms in total. The molecule has 2 N–H and O–H groups in total. The van der Waals surface area contributed by atoms with Crippen LogP contribution in [0.1, 0.15) is 49.4 Å². The molecule has 0 spiro atoms. The summed E-state index contributed by atoms with van der Waals surface area (Å²) in [5.41, 5.74) is 0.753. The molecule has 2 aromatic carbocycles. The summed E-state index contributed by atoms with van der Waals surface area (Å²) in [6, 6.07) is 4.83. The highest BCUT2D eigenvalue weighted by molar-refractivity contribution is 5.75. The van der Waals surface area contributed by atoms with Gasteiger partial charge in [-0.3, -0.25) is 4.79 Å². The number of hydrogen-bond donors (Lipinski definition) is 2. The Morgan fingerprint density at radius 3 is 2.21 bits per heavy atom. The number of methoxy groups -OCH3 is 1. The maximum atomic E-state index is 13.3. The Kier molecular flexibility index (Phi) is 9.92. The van der Waals surface area contributed by atoms with Gasteiger partial charge in [-0.1, -0.05) is 26.8 Å². The van der Waals surface area contributed by atoms with Crippen molar-refractivity contribution in [1.29, 1.82) is 0 Å². The smallest absolute Gasteiger partial charge is 0.416 e. The molecule has 0 fully saturated rings. The molecule has 0 unspecified atom stereocenters. The lowest BCUT2D eigenvalue weighted by atomic mass is 9.82. The van der Waals surface area contributed by atoms with Gasteiger partial charge in [0.2, 0.25) is 0 Å². The van der Waals surface area contributed by atoms with E-state index in [4.69, 9.17) is 14.2 Å². The first kappa shape index (κ1) is 30.3. The van der Waals surface area contributed by atoms with Crippen LogP contribution in [0.3, 0.4) is 0 Å². The maximum Gasteiger partial charge on any atom is 0.416 e. The predicted molar refractivity (Wildman–Crippen MR) is 137 cm³/mol. The monoisotopic (exact) mass is 553 g/mol. The molecule has 0 radical (unpaired) electrons. The van der Waals surface area contributed by atoms with Crippen molar-refractivity contribution in [2.45, 2.75) is 51.6 Å². The van der Waals surface area contributed by atoms with Crippen molar-refractivity contribution in [3.8, 4) is 11.4 Å². The first-order valence-corrected chi connectivity index (χ1v) is 12.5. The Hall–Kier alpha value is -3.22. The van der Waals surface area contributed by atoms with Gasteiger partial charge in [0.05, 0.1) is 38.6 Å². The third-order valence-corrected chi connectivity index (χ3v) is 6.10. The van der Waals surface area contributed by atoms with E-state index in [1.165, 1.54) is 6.07 Å². The number of rotatable bonds is 13. The number of hydrogen-bond acceptors (Lipinski definition) is 7. The largest absolute Gasteiger partial charge is 0.505 e. The lowest BCUT2D eigenvalue weighted by molar-refractivity contribution is -0.138. The fourth-order valence-electron chi connectivity index (χ4n) is 4.11. The Labute approximate surface area is 224 Å². The van der Waals surface area contributed by atoms with Crippen LogP contribution in [0.2, 0.25) is 0 Å². The molecule has 0 aliphatic rings. The SMILES string of the molecule is COCCOCCOCCc1c(CCC(=O)O)cc(C(C)(C)C)c(O)c1-n1nc2ccc(C(F)(F)F)cc2n1. The molecule has 1 aromatic heterocycles. The number of benzene rings is 2. The number of carbonyl (C=O) groups is 1. The maximum absolute atomic E-state index is 13.3. The number of carboxylic acids is 1. The van der Waals surface area contributed by atoms with Crippen LogP contribution in [0.4, 0.5) is 13.2 Å². The zero-order valence-electron chi connectivity index (χ0n) is 22.5. The number of nitrogens with zero attached hydrogens (tertiary/aromatic N) is 3. The number of halogens is 3. The third kappa shape index (κ3) is 7.90. The molecular weight excluding hydrogens is 519 g/mol. The fourth-order valence-corrected chi connectivity index (χ4v) is 4.11. The van der Waals surface area contributed by atoms with Crippen molar-refractivity contribution in [2.24, 2.45) is 0 Å². The van der Waals surface area contributed by atoms with E-state index in [1.807, 2.05) is 20.8 Å². The minimum absolute atomic E-state index is 0.00730. The second-order valence-corrected chi connectivity index (χ2v) is 10.1. The van der Waals surface area contributed by atoms with E-state index in [2.05, 4.69) is 10.2 Å². The molecule has 0 bridgehead atoms. The van der Waals surface area contributed by atoms with E-state index in [0.717, 1.165) is 16.9 Å².